The highest BCUT2D eigenvalue weighted by Crippen LogP contribution is 2.22. The second-order valence-corrected chi connectivity index (χ2v) is 8.85. The van der Waals surface area contributed by atoms with Crippen molar-refractivity contribution >= 4 is 5.97 Å². The van der Waals surface area contributed by atoms with E-state index in [4.69, 9.17) is 15.6 Å². The van der Waals surface area contributed by atoms with Gasteiger partial charge in [-0.05, 0) is 30.5 Å². The molecule has 0 saturated carbocycles. The average Bonchev–Trinajstić information content (AvgIpc) is 2.93. The minimum Gasteiger partial charge on any atom is -0.475 e. The van der Waals surface area contributed by atoms with E-state index < -0.39 is 35.3 Å². The van der Waals surface area contributed by atoms with E-state index in [1.807, 2.05) is 60.7 Å². The molecule has 4 aromatic rings. The van der Waals surface area contributed by atoms with Crippen molar-refractivity contribution in [3.8, 4) is 11.1 Å². The van der Waals surface area contributed by atoms with Crippen LogP contribution in [0.1, 0.15) is 22.9 Å². The molecular weight excluding hydrogens is 530 g/mol. The Kier molecular flexibility index (Phi) is 9.78. The van der Waals surface area contributed by atoms with Gasteiger partial charge >= 0.3 is 17.8 Å². The van der Waals surface area contributed by atoms with Crippen LogP contribution in [0.3, 0.4) is 0 Å². The molecule has 0 fully saturated rings. The number of alkyl halides is 3. The predicted octanol–water partition coefficient (Wildman–Crippen LogP) is 4.70. The highest BCUT2D eigenvalue weighted by molar-refractivity contribution is 5.73. The number of nitrogens with zero attached hydrogens (tertiary/aromatic N) is 2. The minimum absolute atomic E-state index is 0.00521. The van der Waals surface area contributed by atoms with Crippen LogP contribution in [0.5, 0.6) is 0 Å². The minimum atomic E-state index is -5.08. The van der Waals surface area contributed by atoms with Crippen molar-refractivity contribution in [3.63, 3.8) is 0 Å². The number of hydrogen-bond acceptors (Lipinski definition) is 4. The first-order chi connectivity index (χ1) is 18.9. The fourth-order valence-electron chi connectivity index (χ4n) is 4.09. The van der Waals surface area contributed by atoms with E-state index in [2.05, 4.69) is 0 Å². The first-order valence-electron chi connectivity index (χ1n) is 12.2. The van der Waals surface area contributed by atoms with Crippen molar-refractivity contribution in [2.24, 2.45) is 5.73 Å². The molecule has 1 aromatic heterocycles. The van der Waals surface area contributed by atoms with Crippen molar-refractivity contribution in [1.29, 1.82) is 0 Å². The lowest BCUT2D eigenvalue weighted by atomic mass is 10.0. The van der Waals surface area contributed by atoms with Gasteiger partial charge in [0.15, 0.2) is 0 Å². The molecular formula is C29H27F4N3O4. The van der Waals surface area contributed by atoms with E-state index in [1.165, 1.54) is 6.07 Å². The summed E-state index contributed by atoms with van der Waals surface area (Å²) in [5.41, 5.74) is 8.05. The first-order valence-corrected chi connectivity index (χ1v) is 12.2. The maximum absolute atomic E-state index is 14.7. The van der Waals surface area contributed by atoms with Gasteiger partial charge in [-0.1, -0.05) is 78.9 Å². The monoisotopic (exact) mass is 557 g/mol. The van der Waals surface area contributed by atoms with E-state index in [-0.39, 0.29) is 17.7 Å². The smallest absolute Gasteiger partial charge is 0.475 e. The zero-order valence-electron chi connectivity index (χ0n) is 21.4. The van der Waals surface area contributed by atoms with Gasteiger partial charge in [0, 0.05) is 23.8 Å². The molecule has 1 heterocycles. The van der Waals surface area contributed by atoms with Crippen molar-refractivity contribution in [1.82, 2.24) is 9.13 Å². The number of rotatable bonds is 7. The molecule has 0 radical (unpaired) electrons. The first kappa shape index (κ1) is 30.0. The maximum atomic E-state index is 14.7. The third kappa shape index (κ3) is 7.32. The number of aliphatic carboxylic acids is 1. The maximum Gasteiger partial charge on any atom is 0.490 e. The van der Waals surface area contributed by atoms with Crippen LogP contribution in [0, 0.1) is 12.7 Å². The molecule has 0 aliphatic heterocycles. The Morgan fingerprint density at radius 2 is 1.43 bits per heavy atom. The lowest BCUT2D eigenvalue weighted by Gasteiger charge is -2.20. The molecule has 3 N–H and O–H groups in total. The van der Waals surface area contributed by atoms with Crippen molar-refractivity contribution in [2.45, 2.75) is 38.7 Å². The number of carbonyl (C=O) groups is 1. The number of aryl methyl sites for hydroxylation is 1. The number of hydrogen-bond donors (Lipinski definition) is 2. The van der Waals surface area contributed by atoms with Gasteiger partial charge in [-0.25, -0.2) is 14.0 Å². The van der Waals surface area contributed by atoms with Gasteiger partial charge < -0.3 is 10.8 Å². The van der Waals surface area contributed by atoms with Crippen LogP contribution in [-0.4, -0.2) is 26.4 Å². The molecule has 0 aliphatic rings. The van der Waals surface area contributed by atoms with Crippen LogP contribution in [0.25, 0.3) is 11.1 Å². The summed E-state index contributed by atoms with van der Waals surface area (Å²) in [4.78, 5) is 35.8. The summed E-state index contributed by atoms with van der Waals surface area (Å²) in [6, 6.07) is 24.7. The Morgan fingerprint density at radius 3 is 1.98 bits per heavy atom. The van der Waals surface area contributed by atoms with E-state index in [0.29, 0.717) is 18.7 Å². The molecule has 0 unspecified atom stereocenters. The molecule has 0 bridgehead atoms. The Bertz CT molecular complexity index is 1570. The second-order valence-electron chi connectivity index (χ2n) is 8.85. The Hall–Kier alpha value is -4.51. The molecule has 1 atom stereocenters. The van der Waals surface area contributed by atoms with Gasteiger partial charge in [0.2, 0.25) is 0 Å². The highest BCUT2D eigenvalue weighted by atomic mass is 19.4. The quantitative estimate of drug-likeness (QED) is 0.321. The van der Waals surface area contributed by atoms with Gasteiger partial charge in [-0.15, -0.1) is 0 Å². The normalized spacial score (nSPS) is 11.8. The molecule has 3 aromatic carbocycles. The fraction of sp³-hybridized carbons (Fsp3) is 0.207. The number of carboxylic acid groups (broad SMARTS) is 1. The largest absolute Gasteiger partial charge is 0.490 e. The predicted molar refractivity (Wildman–Crippen MR) is 142 cm³/mol. The summed E-state index contributed by atoms with van der Waals surface area (Å²) in [6.45, 7) is 2.04. The highest BCUT2D eigenvalue weighted by Gasteiger charge is 2.38. The summed E-state index contributed by atoms with van der Waals surface area (Å²) in [6.07, 6.45) is -4.48. The standard InChI is InChI=1S/C27H26FN3O2.C2HF3O2/c1-19-25(22-14-8-9-15-23(22)28)26(32)31(18-24(29)21-12-6-3-7-13-21)27(33)30(19)17-16-20-10-4-2-5-11-20;3-2(4,5)1(6)7/h2-15,24H,16-18,29H2,1H3;(H,6,7)/t24-;/m0./s1. The van der Waals surface area contributed by atoms with Gasteiger partial charge in [-0.3, -0.25) is 13.9 Å². The summed E-state index contributed by atoms with van der Waals surface area (Å²) >= 11 is 0. The molecule has 0 spiro atoms. The van der Waals surface area contributed by atoms with Crippen LogP contribution in [-0.2, 0) is 24.3 Å². The van der Waals surface area contributed by atoms with E-state index >= 15 is 0 Å². The molecule has 40 heavy (non-hydrogen) atoms. The van der Waals surface area contributed by atoms with E-state index in [1.54, 1.807) is 29.7 Å². The molecule has 0 aliphatic carbocycles. The van der Waals surface area contributed by atoms with Crippen LogP contribution in [0.2, 0.25) is 0 Å². The van der Waals surface area contributed by atoms with E-state index in [9.17, 15) is 27.2 Å². The average molecular weight is 558 g/mol. The molecule has 0 amide bonds. The summed E-state index contributed by atoms with van der Waals surface area (Å²) in [7, 11) is 0. The Balaban J connectivity index is 0.000000559. The number of carboxylic acids is 1. The molecule has 210 valence electrons. The van der Waals surface area contributed by atoms with Gasteiger partial charge in [0.25, 0.3) is 5.56 Å². The molecule has 0 saturated heterocycles. The van der Waals surface area contributed by atoms with Crippen LogP contribution < -0.4 is 17.0 Å². The Morgan fingerprint density at radius 1 is 0.900 bits per heavy atom. The van der Waals surface area contributed by atoms with Crippen molar-refractivity contribution in [3.05, 3.63) is 128 Å². The molecule has 4 rings (SSSR count). The van der Waals surface area contributed by atoms with Crippen molar-refractivity contribution < 1.29 is 27.5 Å². The van der Waals surface area contributed by atoms with Crippen LogP contribution in [0.15, 0.2) is 94.5 Å². The lowest BCUT2D eigenvalue weighted by Crippen LogP contribution is -2.44. The summed E-state index contributed by atoms with van der Waals surface area (Å²) < 4.78 is 49.1. The summed E-state index contributed by atoms with van der Waals surface area (Å²) in [5.74, 6) is -3.27. The molecule has 7 nitrogen and oxygen atoms in total. The number of halogens is 4. The third-order valence-corrected chi connectivity index (χ3v) is 6.15. The topological polar surface area (TPSA) is 107 Å². The number of aromatic nitrogens is 2. The van der Waals surface area contributed by atoms with Crippen molar-refractivity contribution in [2.75, 3.05) is 0 Å². The SMILES string of the molecule is Cc1c(-c2ccccc2F)c(=O)n(C[C@H](N)c2ccccc2)c(=O)n1CCc1ccccc1.O=C(O)C(F)(F)F. The van der Waals surface area contributed by atoms with Gasteiger partial charge in [0.1, 0.15) is 5.82 Å². The zero-order valence-corrected chi connectivity index (χ0v) is 21.4. The second kappa shape index (κ2) is 13.0. The zero-order chi connectivity index (χ0) is 29.4. The number of benzene rings is 3. The van der Waals surface area contributed by atoms with Gasteiger partial charge in [-0.2, -0.15) is 13.2 Å². The fourth-order valence-corrected chi connectivity index (χ4v) is 4.09. The van der Waals surface area contributed by atoms with Gasteiger partial charge in [0.05, 0.1) is 12.1 Å². The van der Waals surface area contributed by atoms with Crippen LogP contribution >= 0.6 is 0 Å². The lowest BCUT2D eigenvalue weighted by molar-refractivity contribution is -0.192. The number of nitrogens with two attached hydrogens (primary N) is 1. The Labute approximate surface area is 226 Å². The van der Waals surface area contributed by atoms with Crippen LogP contribution in [0.4, 0.5) is 17.6 Å². The third-order valence-electron chi connectivity index (χ3n) is 6.15. The summed E-state index contributed by atoms with van der Waals surface area (Å²) in [5, 5.41) is 7.12. The van der Waals surface area contributed by atoms with E-state index in [0.717, 1.165) is 15.7 Å². The molecule has 11 heteroatoms.